The molecule has 142 valence electrons. The Morgan fingerprint density at radius 3 is 2.29 bits per heavy atom. The molecular weight excluding hydrogens is 502 g/mol. The second-order valence-corrected chi connectivity index (χ2v) is 7.24. The van der Waals surface area contributed by atoms with Crippen molar-refractivity contribution in [3.8, 4) is 0 Å². The van der Waals surface area contributed by atoms with Gasteiger partial charge in [-0.2, -0.15) is 0 Å². The summed E-state index contributed by atoms with van der Waals surface area (Å²) in [6, 6.07) is 9.47. The first-order chi connectivity index (χ1) is 13.3. The number of hydrogen-bond donors (Lipinski definition) is 2. The molecule has 3 aromatic rings. The van der Waals surface area contributed by atoms with Gasteiger partial charge >= 0.3 is 5.63 Å². The highest BCUT2D eigenvalue weighted by molar-refractivity contribution is 9.11. The number of nitrogens with one attached hydrogen (secondary N) is 2. The van der Waals surface area contributed by atoms with E-state index in [2.05, 4.69) is 42.7 Å². The number of fused-ring (bicyclic) bond motifs is 1. The summed E-state index contributed by atoms with van der Waals surface area (Å²) in [4.78, 5) is 46.4. The minimum atomic E-state index is -0.877. The van der Waals surface area contributed by atoms with Crippen molar-refractivity contribution in [3.63, 3.8) is 0 Å². The van der Waals surface area contributed by atoms with Crippen molar-refractivity contribution in [2.45, 2.75) is 0 Å². The molecule has 1 heterocycles. The zero-order valence-corrected chi connectivity index (χ0v) is 16.9. The molecule has 0 atom stereocenters. The maximum Gasteiger partial charge on any atom is 0.349 e. The molecule has 0 aliphatic rings. The third-order valence-corrected chi connectivity index (χ3v) is 4.67. The number of hydrazine groups is 1. The second-order valence-electron chi connectivity index (χ2n) is 5.47. The molecule has 0 aliphatic carbocycles. The van der Waals surface area contributed by atoms with E-state index in [0.717, 1.165) is 12.1 Å². The van der Waals surface area contributed by atoms with E-state index in [0.29, 0.717) is 14.3 Å². The number of carbonyl (C=O) groups is 2. The summed E-state index contributed by atoms with van der Waals surface area (Å²) < 4.78 is 6.41. The normalized spacial score (nSPS) is 10.5. The average Bonchev–Trinajstić information content (AvgIpc) is 2.66. The standard InChI is InChI=1S/C17H9Br2N3O6/c18-10-5-9-6-12(17(25)28-14(9)13(19)7-10)16(24)21-20-15(23)8-1-3-11(4-2-8)22(26)27/h1-7H,(H,20,23)(H,21,24). The van der Waals surface area contributed by atoms with Gasteiger partial charge in [0.1, 0.15) is 5.56 Å². The molecule has 1 aromatic heterocycles. The molecule has 0 unspecified atom stereocenters. The predicted molar refractivity (Wildman–Crippen MR) is 106 cm³/mol. The molecule has 0 radical (unpaired) electrons. The first kappa shape index (κ1) is 19.7. The quantitative estimate of drug-likeness (QED) is 0.315. The summed E-state index contributed by atoms with van der Waals surface area (Å²) in [7, 11) is 0. The van der Waals surface area contributed by atoms with Gasteiger partial charge in [-0.25, -0.2) is 4.79 Å². The largest absolute Gasteiger partial charge is 0.421 e. The predicted octanol–water partition coefficient (Wildman–Crippen LogP) is 3.30. The van der Waals surface area contributed by atoms with Crippen LogP contribution in [-0.4, -0.2) is 16.7 Å². The van der Waals surface area contributed by atoms with Crippen molar-refractivity contribution < 1.29 is 18.9 Å². The van der Waals surface area contributed by atoms with E-state index < -0.39 is 22.4 Å². The zero-order chi connectivity index (χ0) is 20.4. The number of rotatable bonds is 3. The number of non-ortho nitro benzene ring substituents is 1. The first-order valence-electron chi connectivity index (χ1n) is 7.54. The third kappa shape index (κ3) is 4.10. The molecule has 0 saturated carbocycles. The van der Waals surface area contributed by atoms with Gasteiger partial charge in [-0.1, -0.05) is 15.9 Å². The van der Waals surface area contributed by atoms with Gasteiger partial charge in [-0.3, -0.25) is 30.6 Å². The van der Waals surface area contributed by atoms with E-state index in [-0.39, 0.29) is 22.4 Å². The summed E-state index contributed by atoms with van der Waals surface area (Å²) in [5.74, 6) is -1.58. The van der Waals surface area contributed by atoms with E-state index >= 15 is 0 Å². The second kappa shape index (κ2) is 7.90. The van der Waals surface area contributed by atoms with Gasteiger partial charge in [0.15, 0.2) is 5.58 Å². The molecular formula is C17H9Br2N3O6. The van der Waals surface area contributed by atoms with E-state index in [1.807, 2.05) is 0 Å². The molecule has 0 fully saturated rings. The molecule has 2 aromatic carbocycles. The number of nitro benzene ring substituents is 1. The van der Waals surface area contributed by atoms with Crippen molar-refractivity contribution >= 4 is 60.3 Å². The number of amides is 2. The number of benzene rings is 2. The Kier molecular flexibility index (Phi) is 5.56. The van der Waals surface area contributed by atoms with Crippen LogP contribution < -0.4 is 16.5 Å². The van der Waals surface area contributed by atoms with Crippen molar-refractivity contribution in [3.05, 3.63) is 83.1 Å². The Bertz CT molecular complexity index is 1170. The van der Waals surface area contributed by atoms with E-state index in [1.165, 1.54) is 18.2 Å². The van der Waals surface area contributed by atoms with Gasteiger partial charge in [0.2, 0.25) is 0 Å². The van der Waals surface area contributed by atoms with Crippen LogP contribution in [0.25, 0.3) is 11.0 Å². The Morgan fingerprint density at radius 2 is 1.64 bits per heavy atom. The fourth-order valence-electron chi connectivity index (χ4n) is 2.30. The summed E-state index contributed by atoms with van der Waals surface area (Å²) in [6.07, 6.45) is 0. The van der Waals surface area contributed by atoms with Crippen molar-refractivity contribution in [2.75, 3.05) is 0 Å². The average molecular weight is 511 g/mol. The highest BCUT2D eigenvalue weighted by Gasteiger charge is 2.17. The molecule has 11 heteroatoms. The molecule has 28 heavy (non-hydrogen) atoms. The summed E-state index contributed by atoms with van der Waals surface area (Å²) in [5, 5.41) is 11.1. The van der Waals surface area contributed by atoms with Crippen LogP contribution >= 0.6 is 31.9 Å². The number of halogens is 2. The number of nitrogens with zero attached hydrogens (tertiary/aromatic N) is 1. The molecule has 0 spiro atoms. The summed E-state index contributed by atoms with van der Waals surface area (Å²) in [5.41, 5.74) is 3.26. The van der Waals surface area contributed by atoms with Gasteiger partial charge in [0, 0.05) is 27.6 Å². The topological polar surface area (TPSA) is 132 Å². The van der Waals surface area contributed by atoms with Gasteiger partial charge < -0.3 is 4.42 Å². The van der Waals surface area contributed by atoms with Crippen molar-refractivity contribution in [1.82, 2.24) is 10.9 Å². The Labute approximate surface area is 173 Å². The molecule has 0 bridgehead atoms. The molecule has 0 saturated heterocycles. The van der Waals surface area contributed by atoms with Gasteiger partial charge in [-0.15, -0.1) is 0 Å². The van der Waals surface area contributed by atoms with Crippen LogP contribution in [0.5, 0.6) is 0 Å². The Balaban J connectivity index is 1.77. The maximum absolute atomic E-state index is 12.3. The smallest absolute Gasteiger partial charge is 0.349 e. The Morgan fingerprint density at radius 1 is 1.00 bits per heavy atom. The van der Waals surface area contributed by atoms with Gasteiger partial charge in [-0.05, 0) is 46.3 Å². The van der Waals surface area contributed by atoms with Crippen molar-refractivity contribution in [1.29, 1.82) is 0 Å². The minimum absolute atomic E-state index is 0.0873. The lowest BCUT2D eigenvalue weighted by Crippen LogP contribution is -2.43. The summed E-state index contributed by atoms with van der Waals surface area (Å²) >= 11 is 6.57. The third-order valence-electron chi connectivity index (χ3n) is 3.63. The van der Waals surface area contributed by atoms with E-state index in [4.69, 9.17) is 4.42 Å². The molecule has 0 aliphatic heterocycles. The highest BCUT2D eigenvalue weighted by atomic mass is 79.9. The van der Waals surface area contributed by atoms with Crippen LogP contribution in [0.15, 0.2) is 60.6 Å². The SMILES string of the molecule is O=C(NNC(=O)c1cc2cc(Br)cc(Br)c2oc1=O)c1ccc([N+](=O)[O-])cc1. The van der Waals surface area contributed by atoms with E-state index in [1.54, 1.807) is 12.1 Å². The molecule has 3 rings (SSSR count). The van der Waals surface area contributed by atoms with Crippen LogP contribution in [0.2, 0.25) is 0 Å². The zero-order valence-electron chi connectivity index (χ0n) is 13.7. The van der Waals surface area contributed by atoms with Crippen molar-refractivity contribution in [2.24, 2.45) is 0 Å². The van der Waals surface area contributed by atoms with Gasteiger partial charge in [0.25, 0.3) is 17.5 Å². The first-order valence-corrected chi connectivity index (χ1v) is 9.13. The van der Waals surface area contributed by atoms with Crippen LogP contribution in [0.4, 0.5) is 5.69 Å². The highest BCUT2D eigenvalue weighted by Crippen LogP contribution is 2.27. The molecule has 2 amide bonds. The Hall–Kier alpha value is -3.05. The number of nitro groups is 1. The fraction of sp³-hybridized carbons (Fsp3) is 0. The lowest BCUT2D eigenvalue weighted by atomic mass is 10.2. The van der Waals surface area contributed by atoms with Crippen LogP contribution in [0.1, 0.15) is 20.7 Å². The van der Waals surface area contributed by atoms with Crippen LogP contribution in [0.3, 0.4) is 0 Å². The monoisotopic (exact) mass is 509 g/mol. The molecule has 2 N–H and O–H groups in total. The maximum atomic E-state index is 12.3. The molecule has 9 nitrogen and oxygen atoms in total. The lowest BCUT2D eigenvalue weighted by molar-refractivity contribution is -0.384. The lowest BCUT2D eigenvalue weighted by Gasteiger charge is -2.08. The summed E-state index contributed by atoms with van der Waals surface area (Å²) in [6.45, 7) is 0. The minimum Gasteiger partial charge on any atom is -0.421 e. The number of hydrogen-bond acceptors (Lipinski definition) is 6. The van der Waals surface area contributed by atoms with Crippen LogP contribution in [0, 0.1) is 10.1 Å². The van der Waals surface area contributed by atoms with E-state index in [9.17, 15) is 24.5 Å². The number of carbonyl (C=O) groups excluding carboxylic acids is 2. The fourth-order valence-corrected chi connectivity index (χ4v) is 3.64. The van der Waals surface area contributed by atoms with Crippen LogP contribution in [-0.2, 0) is 0 Å². The van der Waals surface area contributed by atoms with Gasteiger partial charge in [0.05, 0.1) is 9.40 Å².